The van der Waals surface area contributed by atoms with E-state index in [1.807, 2.05) is 48.7 Å². The SMILES string of the molecule is CC(C)=CCc1cccc2[nH]cc(CC(NC(=O)Cc3ccccc3)C(=O)O)c12. The molecule has 3 aromatic rings. The zero-order valence-corrected chi connectivity index (χ0v) is 16.7. The van der Waals surface area contributed by atoms with Gasteiger partial charge in [0.15, 0.2) is 0 Å². The highest BCUT2D eigenvalue weighted by Gasteiger charge is 2.22. The Morgan fingerprint density at radius 3 is 2.52 bits per heavy atom. The molecule has 3 rings (SSSR count). The van der Waals surface area contributed by atoms with Crippen LogP contribution in [0.2, 0.25) is 0 Å². The van der Waals surface area contributed by atoms with E-state index in [4.69, 9.17) is 0 Å². The number of nitrogens with one attached hydrogen (secondary N) is 2. The zero-order valence-electron chi connectivity index (χ0n) is 16.7. The molecule has 1 heterocycles. The zero-order chi connectivity index (χ0) is 20.8. The third-order valence-electron chi connectivity index (χ3n) is 4.87. The van der Waals surface area contributed by atoms with Crippen LogP contribution in [-0.4, -0.2) is 28.0 Å². The second-order valence-electron chi connectivity index (χ2n) is 7.46. The smallest absolute Gasteiger partial charge is 0.326 e. The molecule has 0 saturated carbocycles. The fourth-order valence-electron chi connectivity index (χ4n) is 3.43. The number of carbonyl (C=O) groups excluding carboxylic acids is 1. The van der Waals surface area contributed by atoms with E-state index in [0.717, 1.165) is 34.0 Å². The number of hydrogen-bond donors (Lipinski definition) is 3. The molecule has 1 aromatic heterocycles. The Labute approximate surface area is 170 Å². The van der Waals surface area contributed by atoms with Crippen molar-refractivity contribution in [1.29, 1.82) is 0 Å². The third kappa shape index (κ3) is 5.35. The summed E-state index contributed by atoms with van der Waals surface area (Å²) in [6.07, 6.45) is 5.16. The first-order chi connectivity index (χ1) is 13.9. The molecule has 0 radical (unpaired) electrons. The summed E-state index contributed by atoms with van der Waals surface area (Å²) in [6, 6.07) is 14.3. The van der Waals surface area contributed by atoms with Crippen LogP contribution in [0.5, 0.6) is 0 Å². The summed E-state index contributed by atoms with van der Waals surface area (Å²) in [5.41, 5.74) is 5.09. The normalized spacial score (nSPS) is 11.8. The minimum atomic E-state index is -1.04. The molecule has 1 unspecified atom stereocenters. The number of H-pyrrole nitrogens is 1. The van der Waals surface area contributed by atoms with Crippen LogP contribution in [0.3, 0.4) is 0 Å². The molecule has 0 aliphatic rings. The lowest BCUT2D eigenvalue weighted by Crippen LogP contribution is -2.43. The molecule has 1 atom stereocenters. The summed E-state index contributed by atoms with van der Waals surface area (Å²) < 4.78 is 0. The monoisotopic (exact) mass is 390 g/mol. The number of carbonyl (C=O) groups is 2. The lowest BCUT2D eigenvalue weighted by molar-refractivity contribution is -0.141. The summed E-state index contributed by atoms with van der Waals surface area (Å²) in [5, 5.41) is 13.4. The Kier molecular flexibility index (Phi) is 6.50. The number of aromatic nitrogens is 1. The van der Waals surface area contributed by atoms with Crippen molar-refractivity contribution in [2.24, 2.45) is 0 Å². The first-order valence-electron chi connectivity index (χ1n) is 9.71. The number of amides is 1. The van der Waals surface area contributed by atoms with Gasteiger partial charge >= 0.3 is 5.97 Å². The number of rotatable bonds is 8. The van der Waals surface area contributed by atoms with Gasteiger partial charge in [-0.1, -0.05) is 54.1 Å². The predicted octanol–water partition coefficient (Wildman–Crippen LogP) is 4.03. The van der Waals surface area contributed by atoms with E-state index in [1.54, 1.807) is 0 Å². The highest BCUT2D eigenvalue weighted by atomic mass is 16.4. The van der Waals surface area contributed by atoms with Crippen molar-refractivity contribution in [3.63, 3.8) is 0 Å². The van der Waals surface area contributed by atoms with Crippen LogP contribution in [0, 0.1) is 0 Å². The molecule has 0 bridgehead atoms. The number of allylic oxidation sites excluding steroid dienone is 2. The molecular weight excluding hydrogens is 364 g/mol. The number of aromatic amines is 1. The molecule has 0 fully saturated rings. The van der Waals surface area contributed by atoms with Gasteiger partial charge in [-0.3, -0.25) is 4.79 Å². The first-order valence-corrected chi connectivity index (χ1v) is 9.71. The highest BCUT2D eigenvalue weighted by Crippen LogP contribution is 2.25. The quantitative estimate of drug-likeness (QED) is 0.508. The van der Waals surface area contributed by atoms with E-state index in [2.05, 4.69) is 36.3 Å². The molecule has 5 heteroatoms. The van der Waals surface area contributed by atoms with Gasteiger partial charge < -0.3 is 15.4 Å². The lowest BCUT2D eigenvalue weighted by atomic mass is 9.98. The molecule has 150 valence electrons. The molecule has 0 spiro atoms. The maximum Gasteiger partial charge on any atom is 0.326 e. The molecule has 1 amide bonds. The second-order valence-corrected chi connectivity index (χ2v) is 7.46. The van der Waals surface area contributed by atoms with Crippen molar-refractivity contribution in [2.75, 3.05) is 0 Å². The topological polar surface area (TPSA) is 82.2 Å². The van der Waals surface area contributed by atoms with Gasteiger partial charge in [-0.05, 0) is 43.0 Å². The van der Waals surface area contributed by atoms with Crippen LogP contribution < -0.4 is 5.32 Å². The van der Waals surface area contributed by atoms with Gasteiger partial charge in [-0.15, -0.1) is 0 Å². The fourth-order valence-corrected chi connectivity index (χ4v) is 3.43. The fraction of sp³-hybridized carbons (Fsp3) is 0.250. The molecule has 0 aliphatic carbocycles. The van der Waals surface area contributed by atoms with Crippen LogP contribution in [0.15, 0.2) is 66.4 Å². The van der Waals surface area contributed by atoms with Gasteiger partial charge in [0, 0.05) is 23.5 Å². The maximum absolute atomic E-state index is 12.4. The van der Waals surface area contributed by atoms with Gasteiger partial charge in [0.05, 0.1) is 6.42 Å². The Bertz CT molecular complexity index is 1030. The van der Waals surface area contributed by atoms with Crippen molar-refractivity contribution in [2.45, 2.75) is 39.2 Å². The van der Waals surface area contributed by atoms with Crippen molar-refractivity contribution in [3.8, 4) is 0 Å². The van der Waals surface area contributed by atoms with Gasteiger partial charge in [-0.2, -0.15) is 0 Å². The van der Waals surface area contributed by atoms with Gasteiger partial charge in [0.2, 0.25) is 5.91 Å². The lowest BCUT2D eigenvalue weighted by Gasteiger charge is -2.15. The number of hydrogen-bond acceptors (Lipinski definition) is 2. The predicted molar refractivity (Wildman–Crippen MR) is 115 cm³/mol. The summed E-state index contributed by atoms with van der Waals surface area (Å²) in [4.78, 5) is 27.4. The van der Waals surface area contributed by atoms with E-state index in [0.29, 0.717) is 0 Å². The van der Waals surface area contributed by atoms with Gasteiger partial charge in [-0.25, -0.2) is 4.79 Å². The minimum Gasteiger partial charge on any atom is -0.480 e. The number of fused-ring (bicyclic) bond motifs is 1. The van der Waals surface area contributed by atoms with Crippen LogP contribution in [-0.2, 0) is 28.9 Å². The van der Waals surface area contributed by atoms with Gasteiger partial charge in [0.1, 0.15) is 6.04 Å². The number of carboxylic acid groups (broad SMARTS) is 1. The Balaban J connectivity index is 1.80. The Morgan fingerprint density at radius 2 is 1.83 bits per heavy atom. The Morgan fingerprint density at radius 1 is 1.07 bits per heavy atom. The average molecular weight is 390 g/mol. The molecular formula is C24H26N2O3. The number of carboxylic acids is 1. The first kappa shape index (κ1) is 20.4. The van der Waals surface area contributed by atoms with Crippen molar-refractivity contribution >= 4 is 22.8 Å². The van der Waals surface area contributed by atoms with E-state index in [-0.39, 0.29) is 18.7 Å². The average Bonchev–Trinajstić information content (AvgIpc) is 3.10. The van der Waals surface area contributed by atoms with E-state index < -0.39 is 12.0 Å². The second kappa shape index (κ2) is 9.24. The number of benzene rings is 2. The Hall–Kier alpha value is -3.34. The molecule has 0 saturated heterocycles. The van der Waals surface area contributed by atoms with Crippen LogP contribution in [0.25, 0.3) is 10.9 Å². The van der Waals surface area contributed by atoms with E-state index in [9.17, 15) is 14.7 Å². The molecule has 3 N–H and O–H groups in total. The van der Waals surface area contributed by atoms with Crippen LogP contribution in [0.4, 0.5) is 0 Å². The van der Waals surface area contributed by atoms with Gasteiger partial charge in [0.25, 0.3) is 0 Å². The largest absolute Gasteiger partial charge is 0.480 e. The molecule has 5 nitrogen and oxygen atoms in total. The minimum absolute atomic E-state index is 0.157. The van der Waals surface area contributed by atoms with Crippen molar-refractivity contribution in [1.82, 2.24) is 10.3 Å². The summed E-state index contributed by atoms with van der Waals surface area (Å²) in [6.45, 7) is 4.11. The van der Waals surface area contributed by atoms with Crippen molar-refractivity contribution in [3.05, 3.63) is 83.1 Å². The number of aliphatic carboxylic acids is 1. The third-order valence-corrected chi connectivity index (χ3v) is 4.87. The summed E-state index contributed by atoms with van der Waals surface area (Å²) in [7, 11) is 0. The maximum atomic E-state index is 12.4. The van der Waals surface area contributed by atoms with Crippen LogP contribution >= 0.6 is 0 Å². The van der Waals surface area contributed by atoms with E-state index in [1.165, 1.54) is 5.57 Å². The summed E-state index contributed by atoms with van der Waals surface area (Å²) in [5.74, 6) is -1.34. The van der Waals surface area contributed by atoms with E-state index >= 15 is 0 Å². The highest BCUT2D eigenvalue weighted by molar-refractivity contribution is 5.89. The summed E-state index contributed by atoms with van der Waals surface area (Å²) >= 11 is 0. The van der Waals surface area contributed by atoms with Crippen LogP contribution in [0.1, 0.15) is 30.5 Å². The molecule has 2 aromatic carbocycles. The standard InChI is InChI=1S/C24H26N2O3/c1-16(2)11-12-18-9-6-10-20-23(18)19(15-25-20)14-21(24(28)29)26-22(27)13-17-7-4-3-5-8-17/h3-11,15,21,25H,12-14H2,1-2H3,(H,26,27)(H,28,29). The molecule has 29 heavy (non-hydrogen) atoms. The molecule has 0 aliphatic heterocycles. The van der Waals surface area contributed by atoms with Crippen molar-refractivity contribution < 1.29 is 14.7 Å².